The summed E-state index contributed by atoms with van der Waals surface area (Å²) in [6.45, 7) is 10.6. The Hall–Kier alpha value is -0.0400. The van der Waals surface area contributed by atoms with E-state index in [9.17, 15) is 0 Å². The Morgan fingerprint density at radius 2 is 0.760 bits per heavy atom. The Balaban J connectivity index is 1.99. The van der Waals surface area contributed by atoms with Crippen LogP contribution in [0.5, 0.6) is 0 Å². The van der Waals surface area contributed by atoms with Crippen molar-refractivity contribution in [3.63, 3.8) is 0 Å². The highest BCUT2D eigenvalue weighted by Crippen LogP contribution is 2.23. The maximum absolute atomic E-state index is 2.32. The zero-order valence-electron chi connectivity index (χ0n) is 18.0. The summed E-state index contributed by atoms with van der Waals surface area (Å²) in [6, 6.07) is 0. The second kappa shape index (κ2) is 16.2. The molecular formula is C24H50N+. The fourth-order valence-electron chi connectivity index (χ4n) is 4.73. The maximum atomic E-state index is 2.32. The molecule has 25 heavy (non-hydrogen) atoms. The number of rotatable bonds is 18. The number of hydrogen-bond donors (Lipinski definition) is 0. The lowest BCUT2D eigenvalue weighted by Gasteiger charge is -2.34. The predicted molar refractivity (Wildman–Crippen MR) is 114 cm³/mol. The topological polar surface area (TPSA) is 0 Å². The molecule has 0 N–H and O–H groups in total. The summed E-state index contributed by atoms with van der Waals surface area (Å²) in [6.07, 6.45) is 26.4. The number of nitrogens with zero attached hydrogens (tertiary/aromatic N) is 1. The number of likely N-dealkylation sites (tertiary alicyclic amines) is 1. The largest absolute Gasteiger partial charge is 0.324 e. The normalized spacial score (nSPS) is 16.6. The van der Waals surface area contributed by atoms with Gasteiger partial charge in [0.25, 0.3) is 0 Å². The van der Waals surface area contributed by atoms with E-state index in [1.54, 1.807) is 0 Å². The van der Waals surface area contributed by atoms with Gasteiger partial charge in [-0.25, -0.2) is 0 Å². The quantitative estimate of drug-likeness (QED) is 0.174. The molecule has 0 aromatic heterocycles. The third-order valence-corrected chi connectivity index (χ3v) is 6.49. The van der Waals surface area contributed by atoms with Gasteiger partial charge in [-0.1, -0.05) is 90.9 Å². The second-order valence-corrected chi connectivity index (χ2v) is 8.89. The monoisotopic (exact) mass is 352 g/mol. The lowest BCUT2D eigenvalue weighted by Crippen LogP contribution is -2.46. The van der Waals surface area contributed by atoms with Crippen molar-refractivity contribution >= 4 is 0 Å². The SMILES string of the molecule is CCCCCCCCCCCC[N+]1(CCCCCCCC)CCCC1. The van der Waals surface area contributed by atoms with E-state index in [1.165, 1.54) is 146 Å². The highest BCUT2D eigenvalue weighted by Gasteiger charge is 2.30. The summed E-state index contributed by atoms with van der Waals surface area (Å²) >= 11 is 0. The van der Waals surface area contributed by atoms with E-state index in [1.807, 2.05) is 0 Å². The van der Waals surface area contributed by atoms with Gasteiger partial charge in [-0.15, -0.1) is 0 Å². The fraction of sp³-hybridized carbons (Fsp3) is 1.00. The standard InChI is InChI=1S/C24H50N/c1-3-5-7-9-11-12-13-14-16-18-22-25(23-19-20-24-25)21-17-15-10-8-6-4-2/h3-24H2,1-2H3/q+1. The maximum Gasteiger partial charge on any atom is 0.0788 e. The molecule has 1 aliphatic rings. The second-order valence-electron chi connectivity index (χ2n) is 8.89. The molecular weight excluding hydrogens is 302 g/mol. The first-order valence-electron chi connectivity index (χ1n) is 12.2. The minimum atomic E-state index is 1.37. The Bertz CT molecular complexity index is 267. The van der Waals surface area contributed by atoms with Crippen molar-refractivity contribution in [2.45, 2.75) is 129 Å². The minimum absolute atomic E-state index is 1.37. The number of hydrogen-bond acceptors (Lipinski definition) is 0. The highest BCUT2D eigenvalue weighted by atomic mass is 15.4. The van der Waals surface area contributed by atoms with Gasteiger partial charge in [0.1, 0.15) is 0 Å². The molecule has 0 bridgehead atoms. The van der Waals surface area contributed by atoms with E-state index < -0.39 is 0 Å². The van der Waals surface area contributed by atoms with Crippen LogP contribution in [0.15, 0.2) is 0 Å². The summed E-state index contributed by atoms with van der Waals surface area (Å²) in [7, 11) is 0. The van der Waals surface area contributed by atoms with Gasteiger partial charge in [0.05, 0.1) is 26.2 Å². The average molecular weight is 353 g/mol. The van der Waals surface area contributed by atoms with E-state index in [-0.39, 0.29) is 0 Å². The van der Waals surface area contributed by atoms with Crippen molar-refractivity contribution in [1.82, 2.24) is 0 Å². The zero-order chi connectivity index (χ0) is 18.1. The molecule has 150 valence electrons. The van der Waals surface area contributed by atoms with Crippen LogP contribution in [0.3, 0.4) is 0 Å². The third-order valence-electron chi connectivity index (χ3n) is 6.49. The van der Waals surface area contributed by atoms with Gasteiger partial charge in [-0.2, -0.15) is 0 Å². The minimum Gasteiger partial charge on any atom is -0.324 e. The van der Waals surface area contributed by atoms with Crippen LogP contribution in [-0.4, -0.2) is 30.7 Å². The lowest BCUT2D eigenvalue weighted by molar-refractivity contribution is -0.917. The average Bonchev–Trinajstić information content (AvgIpc) is 3.09. The van der Waals surface area contributed by atoms with Crippen molar-refractivity contribution < 1.29 is 4.48 Å². The molecule has 0 unspecified atom stereocenters. The van der Waals surface area contributed by atoms with Crippen LogP contribution in [0.1, 0.15) is 129 Å². The molecule has 0 amide bonds. The molecule has 1 nitrogen and oxygen atoms in total. The lowest BCUT2D eigenvalue weighted by atomic mass is 10.1. The van der Waals surface area contributed by atoms with Crippen molar-refractivity contribution in [3.05, 3.63) is 0 Å². The first kappa shape index (κ1) is 23.0. The van der Waals surface area contributed by atoms with E-state index in [0.29, 0.717) is 0 Å². The van der Waals surface area contributed by atoms with Crippen molar-refractivity contribution in [1.29, 1.82) is 0 Å². The van der Waals surface area contributed by atoms with Crippen LogP contribution in [0.25, 0.3) is 0 Å². The van der Waals surface area contributed by atoms with Gasteiger partial charge in [-0.3, -0.25) is 0 Å². The zero-order valence-corrected chi connectivity index (χ0v) is 18.0. The summed E-state index contributed by atoms with van der Waals surface area (Å²) in [5.41, 5.74) is 0. The summed E-state index contributed by atoms with van der Waals surface area (Å²) < 4.78 is 1.49. The molecule has 1 heteroatoms. The Morgan fingerprint density at radius 3 is 1.12 bits per heavy atom. The summed E-state index contributed by atoms with van der Waals surface area (Å²) in [4.78, 5) is 0. The first-order chi connectivity index (χ1) is 12.3. The predicted octanol–water partition coefficient (Wildman–Crippen LogP) is 7.88. The highest BCUT2D eigenvalue weighted by molar-refractivity contribution is 4.57. The Labute approximate surface area is 160 Å². The molecule has 1 heterocycles. The Kier molecular flexibility index (Phi) is 14.9. The van der Waals surface area contributed by atoms with Gasteiger partial charge in [0, 0.05) is 12.8 Å². The number of quaternary nitrogens is 1. The van der Waals surface area contributed by atoms with Crippen LogP contribution in [0.4, 0.5) is 0 Å². The van der Waals surface area contributed by atoms with Gasteiger partial charge in [0.2, 0.25) is 0 Å². The fourth-order valence-corrected chi connectivity index (χ4v) is 4.73. The molecule has 0 spiro atoms. The number of unbranched alkanes of at least 4 members (excludes halogenated alkanes) is 14. The van der Waals surface area contributed by atoms with Crippen LogP contribution in [0, 0.1) is 0 Å². The van der Waals surface area contributed by atoms with E-state index in [0.717, 1.165) is 0 Å². The van der Waals surface area contributed by atoms with Crippen LogP contribution < -0.4 is 0 Å². The molecule has 0 atom stereocenters. The molecule has 1 rings (SSSR count). The summed E-state index contributed by atoms with van der Waals surface area (Å²) in [5, 5.41) is 0. The van der Waals surface area contributed by atoms with Crippen LogP contribution in [-0.2, 0) is 0 Å². The Morgan fingerprint density at radius 1 is 0.440 bits per heavy atom. The molecule has 1 saturated heterocycles. The molecule has 0 aliphatic carbocycles. The molecule has 1 fully saturated rings. The molecule has 0 radical (unpaired) electrons. The smallest absolute Gasteiger partial charge is 0.0788 e. The van der Waals surface area contributed by atoms with E-state index in [4.69, 9.17) is 0 Å². The van der Waals surface area contributed by atoms with Crippen LogP contribution >= 0.6 is 0 Å². The van der Waals surface area contributed by atoms with E-state index in [2.05, 4.69) is 13.8 Å². The van der Waals surface area contributed by atoms with Crippen molar-refractivity contribution in [3.8, 4) is 0 Å². The third kappa shape index (κ3) is 12.1. The van der Waals surface area contributed by atoms with Gasteiger partial charge >= 0.3 is 0 Å². The van der Waals surface area contributed by atoms with Gasteiger partial charge in [-0.05, 0) is 25.7 Å². The molecule has 0 aromatic rings. The van der Waals surface area contributed by atoms with Crippen LogP contribution in [0.2, 0.25) is 0 Å². The van der Waals surface area contributed by atoms with Gasteiger partial charge < -0.3 is 4.48 Å². The molecule has 0 saturated carbocycles. The van der Waals surface area contributed by atoms with Crippen molar-refractivity contribution in [2.24, 2.45) is 0 Å². The molecule has 0 aromatic carbocycles. The van der Waals surface area contributed by atoms with Gasteiger partial charge in [0.15, 0.2) is 0 Å². The van der Waals surface area contributed by atoms with E-state index >= 15 is 0 Å². The first-order valence-corrected chi connectivity index (χ1v) is 12.2. The van der Waals surface area contributed by atoms with Crippen molar-refractivity contribution in [2.75, 3.05) is 26.2 Å². The summed E-state index contributed by atoms with van der Waals surface area (Å²) in [5.74, 6) is 0. The molecule has 1 aliphatic heterocycles.